The van der Waals surface area contributed by atoms with Crippen LogP contribution in [0.5, 0.6) is 0 Å². The first-order valence-corrected chi connectivity index (χ1v) is 7.78. The Balaban J connectivity index is 2.16. The van der Waals surface area contributed by atoms with Crippen LogP contribution in [0.25, 0.3) is 0 Å². The molecule has 20 heavy (non-hydrogen) atoms. The summed E-state index contributed by atoms with van der Waals surface area (Å²) in [7, 11) is 0. The fourth-order valence-electron chi connectivity index (χ4n) is 2.35. The minimum absolute atomic E-state index is 0.139. The minimum Gasteiger partial charge on any atom is -0.480 e. The summed E-state index contributed by atoms with van der Waals surface area (Å²) in [4.78, 5) is 23.6. The molecule has 2 unspecified atom stereocenters. The summed E-state index contributed by atoms with van der Waals surface area (Å²) in [6.07, 6.45) is 0.956. The van der Waals surface area contributed by atoms with Gasteiger partial charge in [0.1, 0.15) is 11.3 Å². The molecule has 0 fully saturated rings. The van der Waals surface area contributed by atoms with E-state index in [9.17, 15) is 9.59 Å². The topological polar surface area (TPSA) is 66.4 Å². The van der Waals surface area contributed by atoms with Crippen LogP contribution in [0.1, 0.15) is 30.2 Å². The highest BCUT2D eigenvalue weighted by molar-refractivity contribution is 8.00. The van der Waals surface area contributed by atoms with Gasteiger partial charge in [0, 0.05) is 0 Å². The molecule has 0 bridgehead atoms. The standard InChI is InChI=1S/C15H19NO3S/c1-9(2)12(15(18)19)16-14(17)13-11-6-4-3-5-10(11)7-8-20-13/h3-6,9,12-13H,7-8H2,1-2H3,(H,16,17)(H,18,19). The van der Waals surface area contributed by atoms with Crippen molar-refractivity contribution < 1.29 is 14.7 Å². The summed E-state index contributed by atoms with van der Waals surface area (Å²) < 4.78 is 0. The zero-order valence-electron chi connectivity index (χ0n) is 11.6. The van der Waals surface area contributed by atoms with Crippen LogP contribution in [-0.2, 0) is 16.0 Å². The molecule has 108 valence electrons. The third-order valence-corrected chi connectivity index (χ3v) is 4.70. The Morgan fingerprint density at radius 2 is 2.05 bits per heavy atom. The number of aliphatic carboxylic acids is 1. The summed E-state index contributed by atoms with van der Waals surface area (Å²) in [5, 5.41) is 11.5. The van der Waals surface area contributed by atoms with Crippen molar-refractivity contribution in [3.8, 4) is 0 Å². The Bertz CT molecular complexity index is 516. The minimum atomic E-state index is -0.984. The first-order valence-electron chi connectivity index (χ1n) is 6.73. The van der Waals surface area contributed by atoms with Gasteiger partial charge in [0.25, 0.3) is 0 Å². The second-order valence-electron chi connectivity index (χ2n) is 5.27. The third-order valence-electron chi connectivity index (χ3n) is 3.46. The van der Waals surface area contributed by atoms with E-state index in [0.717, 1.165) is 17.7 Å². The van der Waals surface area contributed by atoms with Gasteiger partial charge in [0.05, 0.1) is 0 Å². The van der Waals surface area contributed by atoms with Gasteiger partial charge in [-0.25, -0.2) is 4.79 Å². The Morgan fingerprint density at radius 3 is 2.70 bits per heavy atom. The fourth-order valence-corrected chi connectivity index (χ4v) is 3.56. The molecule has 2 rings (SSSR count). The van der Waals surface area contributed by atoms with Gasteiger partial charge >= 0.3 is 5.97 Å². The number of carboxylic acids is 1. The normalized spacial score (nSPS) is 19.2. The van der Waals surface area contributed by atoms with E-state index in [0.29, 0.717) is 0 Å². The Labute approximate surface area is 123 Å². The molecule has 0 spiro atoms. The van der Waals surface area contributed by atoms with E-state index in [1.807, 2.05) is 24.3 Å². The zero-order valence-corrected chi connectivity index (χ0v) is 12.4. The van der Waals surface area contributed by atoms with E-state index < -0.39 is 12.0 Å². The summed E-state index contributed by atoms with van der Waals surface area (Å²) >= 11 is 1.57. The Morgan fingerprint density at radius 1 is 1.35 bits per heavy atom. The molecule has 1 heterocycles. The Kier molecular flexibility index (Phi) is 4.70. The first kappa shape index (κ1) is 14.9. The lowest BCUT2D eigenvalue weighted by Crippen LogP contribution is -2.46. The van der Waals surface area contributed by atoms with Gasteiger partial charge in [-0.1, -0.05) is 38.1 Å². The molecule has 5 heteroatoms. The maximum atomic E-state index is 12.4. The maximum absolute atomic E-state index is 12.4. The number of rotatable bonds is 4. The predicted molar refractivity (Wildman–Crippen MR) is 79.7 cm³/mol. The van der Waals surface area contributed by atoms with Crippen molar-refractivity contribution >= 4 is 23.6 Å². The van der Waals surface area contributed by atoms with Crippen LogP contribution in [0.3, 0.4) is 0 Å². The molecule has 4 nitrogen and oxygen atoms in total. The molecule has 2 N–H and O–H groups in total. The van der Waals surface area contributed by atoms with Crippen molar-refractivity contribution in [2.24, 2.45) is 5.92 Å². The van der Waals surface area contributed by atoms with Crippen molar-refractivity contribution in [3.05, 3.63) is 35.4 Å². The van der Waals surface area contributed by atoms with Crippen molar-refractivity contribution in [1.82, 2.24) is 5.32 Å². The number of hydrogen-bond donors (Lipinski definition) is 2. The van der Waals surface area contributed by atoms with Crippen LogP contribution in [0.4, 0.5) is 0 Å². The Hall–Kier alpha value is -1.49. The molecule has 1 amide bonds. The van der Waals surface area contributed by atoms with Crippen molar-refractivity contribution in [1.29, 1.82) is 0 Å². The number of hydrogen-bond acceptors (Lipinski definition) is 3. The van der Waals surface area contributed by atoms with Crippen LogP contribution in [0.15, 0.2) is 24.3 Å². The molecule has 0 aliphatic carbocycles. The SMILES string of the molecule is CC(C)C(NC(=O)C1SCCc2ccccc21)C(=O)O. The number of fused-ring (bicyclic) bond motifs is 1. The van der Waals surface area contributed by atoms with E-state index in [2.05, 4.69) is 5.32 Å². The molecular weight excluding hydrogens is 274 g/mol. The number of amides is 1. The average molecular weight is 293 g/mol. The van der Waals surface area contributed by atoms with E-state index in [-0.39, 0.29) is 17.1 Å². The molecule has 1 aromatic carbocycles. The maximum Gasteiger partial charge on any atom is 0.326 e. The first-order chi connectivity index (χ1) is 9.50. The number of aryl methyl sites for hydroxylation is 1. The number of nitrogens with one attached hydrogen (secondary N) is 1. The van der Waals surface area contributed by atoms with E-state index in [1.54, 1.807) is 25.6 Å². The fraction of sp³-hybridized carbons (Fsp3) is 0.467. The van der Waals surface area contributed by atoms with Crippen molar-refractivity contribution in [2.75, 3.05) is 5.75 Å². The summed E-state index contributed by atoms with van der Waals surface area (Å²) in [6, 6.07) is 7.04. The molecule has 1 aliphatic heterocycles. The van der Waals surface area contributed by atoms with Crippen LogP contribution in [0.2, 0.25) is 0 Å². The lowest BCUT2D eigenvalue weighted by molar-refractivity contribution is -0.143. The van der Waals surface area contributed by atoms with Gasteiger partial charge in [-0.2, -0.15) is 0 Å². The molecule has 2 atom stereocenters. The highest BCUT2D eigenvalue weighted by atomic mass is 32.2. The highest BCUT2D eigenvalue weighted by Crippen LogP contribution is 2.36. The van der Waals surface area contributed by atoms with Crippen LogP contribution in [-0.4, -0.2) is 28.8 Å². The molecule has 1 aromatic rings. The number of thioether (sulfide) groups is 1. The van der Waals surface area contributed by atoms with Gasteiger partial charge in [-0.05, 0) is 29.2 Å². The molecule has 0 saturated heterocycles. The second kappa shape index (κ2) is 6.31. The average Bonchev–Trinajstić information content (AvgIpc) is 2.43. The van der Waals surface area contributed by atoms with Crippen LogP contribution in [0, 0.1) is 5.92 Å². The number of carboxylic acid groups (broad SMARTS) is 1. The number of carbonyl (C=O) groups excluding carboxylic acids is 1. The van der Waals surface area contributed by atoms with Gasteiger partial charge < -0.3 is 10.4 Å². The largest absolute Gasteiger partial charge is 0.480 e. The van der Waals surface area contributed by atoms with Crippen molar-refractivity contribution in [3.63, 3.8) is 0 Å². The number of benzene rings is 1. The molecule has 0 aromatic heterocycles. The smallest absolute Gasteiger partial charge is 0.326 e. The summed E-state index contributed by atoms with van der Waals surface area (Å²) in [5.74, 6) is -0.444. The number of carbonyl (C=O) groups is 2. The van der Waals surface area contributed by atoms with Crippen LogP contribution >= 0.6 is 11.8 Å². The summed E-state index contributed by atoms with van der Waals surface area (Å²) in [5.41, 5.74) is 2.19. The van der Waals surface area contributed by atoms with E-state index in [1.165, 1.54) is 5.56 Å². The zero-order chi connectivity index (χ0) is 14.7. The molecule has 0 radical (unpaired) electrons. The lowest BCUT2D eigenvalue weighted by Gasteiger charge is -2.26. The van der Waals surface area contributed by atoms with E-state index >= 15 is 0 Å². The lowest BCUT2D eigenvalue weighted by atomic mass is 10.00. The monoisotopic (exact) mass is 293 g/mol. The molecular formula is C15H19NO3S. The second-order valence-corrected chi connectivity index (χ2v) is 6.48. The molecule has 0 saturated carbocycles. The predicted octanol–water partition coefficient (Wildman–Crippen LogP) is 2.24. The van der Waals surface area contributed by atoms with Gasteiger partial charge in [-0.15, -0.1) is 11.8 Å². The third kappa shape index (κ3) is 3.15. The van der Waals surface area contributed by atoms with Gasteiger partial charge in [0.15, 0.2) is 0 Å². The van der Waals surface area contributed by atoms with Gasteiger partial charge in [0.2, 0.25) is 5.91 Å². The van der Waals surface area contributed by atoms with Crippen molar-refractivity contribution in [2.45, 2.75) is 31.6 Å². The van der Waals surface area contributed by atoms with Gasteiger partial charge in [-0.3, -0.25) is 4.79 Å². The quantitative estimate of drug-likeness (QED) is 0.893. The summed E-state index contributed by atoms with van der Waals surface area (Å²) in [6.45, 7) is 3.59. The molecule has 1 aliphatic rings. The van der Waals surface area contributed by atoms with Crippen LogP contribution < -0.4 is 5.32 Å². The highest BCUT2D eigenvalue weighted by Gasteiger charge is 2.31. The van der Waals surface area contributed by atoms with E-state index in [4.69, 9.17) is 5.11 Å².